The number of carbonyl (C=O) groups excluding carboxylic acids is 3. The molecule has 0 aromatic heterocycles. The van der Waals surface area contributed by atoms with Crippen molar-refractivity contribution in [1.82, 2.24) is 5.32 Å². The predicted octanol–water partition coefficient (Wildman–Crippen LogP) is 5.24. The van der Waals surface area contributed by atoms with Crippen LogP contribution in [0, 0.1) is 0 Å². The smallest absolute Gasteiger partial charge is 0.335 e. The number of barbiturate groups is 1. The number of hydrogen-bond acceptors (Lipinski definition) is 4. The van der Waals surface area contributed by atoms with Crippen molar-refractivity contribution >= 4 is 52.8 Å². The molecule has 0 saturated carbocycles. The Morgan fingerprint density at radius 3 is 2.44 bits per heavy atom. The number of ether oxygens (including phenoxy) is 1. The van der Waals surface area contributed by atoms with Gasteiger partial charge in [0.2, 0.25) is 0 Å². The van der Waals surface area contributed by atoms with E-state index in [9.17, 15) is 14.4 Å². The summed E-state index contributed by atoms with van der Waals surface area (Å²) in [5.41, 5.74) is 1.33. The molecule has 6 nitrogen and oxygen atoms in total. The minimum Gasteiger partial charge on any atom is -0.488 e. The summed E-state index contributed by atoms with van der Waals surface area (Å²) in [4.78, 5) is 38.8. The van der Waals surface area contributed by atoms with Gasteiger partial charge in [-0.3, -0.25) is 14.9 Å². The number of urea groups is 1. The highest BCUT2D eigenvalue weighted by molar-refractivity contribution is 6.39. The summed E-state index contributed by atoms with van der Waals surface area (Å²) >= 11 is 12.2. The molecule has 1 aliphatic heterocycles. The molecule has 1 saturated heterocycles. The van der Waals surface area contributed by atoms with Gasteiger partial charge in [-0.15, -0.1) is 0 Å². The Labute approximate surface area is 194 Å². The molecule has 4 amide bonds. The molecular weight excluding hydrogens is 451 g/mol. The number of anilines is 1. The van der Waals surface area contributed by atoms with E-state index >= 15 is 0 Å². The van der Waals surface area contributed by atoms with Gasteiger partial charge in [-0.1, -0.05) is 65.7 Å². The number of hydrogen-bond donors (Lipinski definition) is 1. The fourth-order valence-electron chi connectivity index (χ4n) is 3.16. The number of para-hydroxylation sites is 1. The zero-order valence-electron chi connectivity index (χ0n) is 16.5. The van der Waals surface area contributed by atoms with Crippen LogP contribution in [0.2, 0.25) is 10.0 Å². The molecule has 32 heavy (non-hydrogen) atoms. The van der Waals surface area contributed by atoms with E-state index in [0.717, 1.165) is 10.5 Å². The van der Waals surface area contributed by atoms with Gasteiger partial charge >= 0.3 is 6.03 Å². The van der Waals surface area contributed by atoms with Crippen molar-refractivity contribution in [2.75, 3.05) is 4.90 Å². The second-order valence-corrected chi connectivity index (χ2v) is 7.70. The predicted molar refractivity (Wildman–Crippen MR) is 123 cm³/mol. The maximum absolute atomic E-state index is 13.1. The van der Waals surface area contributed by atoms with Crippen LogP contribution in [0.25, 0.3) is 6.08 Å². The molecule has 1 heterocycles. The Bertz CT molecular complexity index is 1260. The highest BCUT2D eigenvalue weighted by Crippen LogP contribution is 2.27. The van der Waals surface area contributed by atoms with Crippen molar-refractivity contribution in [1.29, 1.82) is 0 Å². The summed E-state index contributed by atoms with van der Waals surface area (Å²) < 4.78 is 5.89. The van der Waals surface area contributed by atoms with Crippen molar-refractivity contribution < 1.29 is 19.1 Å². The van der Waals surface area contributed by atoms with Gasteiger partial charge in [-0.05, 0) is 36.4 Å². The number of nitrogens with zero attached hydrogens (tertiary/aromatic N) is 1. The van der Waals surface area contributed by atoms with Gasteiger partial charge in [0.25, 0.3) is 11.8 Å². The first-order valence-corrected chi connectivity index (χ1v) is 10.3. The minimum atomic E-state index is -0.845. The summed E-state index contributed by atoms with van der Waals surface area (Å²) in [7, 11) is 0. The Kier molecular flexibility index (Phi) is 6.25. The first-order chi connectivity index (χ1) is 15.4. The molecule has 0 radical (unpaired) electrons. The molecule has 8 heteroatoms. The first kappa shape index (κ1) is 21.6. The van der Waals surface area contributed by atoms with Crippen LogP contribution in [-0.4, -0.2) is 17.8 Å². The fourth-order valence-corrected chi connectivity index (χ4v) is 3.54. The van der Waals surface area contributed by atoms with E-state index in [1.54, 1.807) is 48.5 Å². The average molecular weight is 467 g/mol. The van der Waals surface area contributed by atoms with E-state index in [2.05, 4.69) is 5.32 Å². The molecule has 3 aromatic rings. The van der Waals surface area contributed by atoms with Crippen molar-refractivity contribution in [2.24, 2.45) is 0 Å². The summed E-state index contributed by atoms with van der Waals surface area (Å²) in [6.07, 6.45) is 1.39. The van der Waals surface area contributed by atoms with Crippen LogP contribution in [0.4, 0.5) is 10.5 Å². The van der Waals surface area contributed by atoms with Crippen LogP contribution in [0.3, 0.4) is 0 Å². The largest absolute Gasteiger partial charge is 0.488 e. The van der Waals surface area contributed by atoms with Gasteiger partial charge in [0.1, 0.15) is 17.9 Å². The molecule has 1 aliphatic rings. The molecule has 1 fully saturated rings. The highest BCUT2D eigenvalue weighted by atomic mass is 35.5. The third-order valence-corrected chi connectivity index (χ3v) is 5.33. The topological polar surface area (TPSA) is 75.7 Å². The summed E-state index contributed by atoms with van der Waals surface area (Å²) in [6, 6.07) is 19.6. The minimum absolute atomic E-state index is 0.202. The molecular formula is C24H16Cl2N2O4. The van der Waals surface area contributed by atoms with E-state index in [1.807, 2.05) is 18.2 Å². The van der Waals surface area contributed by atoms with Crippen LogP contribution in [0.15, 0.2) is 78.4 Å². The van der Waals surface area contributed by atoms with E-state index in [1.165, 1.54) is 12.1 Å². The second-order valence-electron chi connectivity index (χ2n) is 6.86. The van der Waals surface area contributed by atoms with Crippen molar-refractivity contribution in [3.05, 3.63) is 99.5 Å². The standard InChI is InChI=1S/C24H16Cl2N2O4/c25-17-8-5-9-18(13-17)28-23(30)19(22(29)27-24(28)31)12-15-6-2-4-11-21(15)32-14-16-7-1-3-10-20(16)26/h1-13H,14H2,(H,27,29,31)/b19-12+. The Hall–Kier alpha value is -3.61. The fraction of sp³-hybridized carbons (Fsp3) is 0.0417. The third kappa shape index (κ3) is 4.51. The van der Waals surface area contributed by atoms with Crippen molar-refractivity contribution in [3.63, 3.8) is 0 Å². The number of benzene rings is 3. The number of halogens is 2. The Balaban J connectivity index is 1.65. The number of amides is 4. The van der Waals surface area contributed by atoms with E-state index in [0.29, 0.717) is 21.4 Å². The van der Waals surface area contributed by atoms with Crippen molar-refractivity contribution in [3.8, 4) is 5.75 Å². The van der Waals surface area contributed by atoms with Gasteiger partial charge < -0.3 is 4.74 Å². The normalized spacial score (nSPS) is 15.1. The second kappa shape index (κ2) is 9.26. The van der Waals surface area contributed by atoms with Gasteiger partial charge in [-0.2, -0.15) is 0 Å². The van der Waals surface area contributed by atoms with Crippen LogP contribution in [0.1, 0.15) is 11.1 Å². The van der Waals surface area contributed by atoms with E-state index < -0.39 is 17.8 Å². The lowest BCUT2D eigenvalue weighted by Gasteiger charge is -2.26. The van der Waals surface area contributed by atoms with Crippen LogP contribution in [-0.2, 0) is 16.2 Å². The molecule has 0 spiro atoms. The Morgan fingerprint density at radius 2 is 1.66 bits per heavy atom. The first-order valence-electron chi connectivity index (χ1n) is 9.56. The molecule has 0 atom stereocenters. The van der Waals surface area contributed by atoms with Gasteiger partial charge in [0, 0.05) is 21.2 Å². The third-order valence-electron chi connectivity index (χ3n) is 4.73. The zero-order valence-corrected chi connectivity index (χ0v) is 18.1. The van der Waals surface area contributed by atoms with Crippen LogP contribution >= 0.6 is 23.2 Å². The quantitative estimate of drug-likeness (QED) is 0.412. The molecule has 0 aliphatic carbocycles. The Morgan fingerprint density at radius 1 is 0.906 bits per heavy atom. The van der Waals surface area contributed by atoms with Crippen molar-refractivity contribution in [2.45, 2.75) is 6.61 Å². The van der Waals surface area contributed by atoms with Crippen LogP contribution in [0.5, 0.6) is 5.75 Å². The maximum atomic E-state index is 13.1. The highest BCUT2D eigenvalue weighted by Gasteiger charge is 2.37. The molecule has 4 rings (SSSR count). The number of nitrogens with one attached hydrogen (secondary N) is 1. The summed E-state index contributed by atoms with van der Waals surface area (Å²) in [6.45, 7) is 0.202. The molecule has 160 valence electrons. The van der Waals surface area contributed by atoms with Gasteiger partial charge in [-0.25, -0.2) is 9.69 Å². The molecule has 3 aromatic carbocycles. The molecule has 0 unspecified atom stereocenters. The lowest BCUT2D eigenvalue weighted by atomic mass is 10.1. The van der Waals surface area contributed by atoms with Gasteiger partial charge in [0.05, 0.1) is 5.69 Å². The number of rotatable bonds is 5. The molecule has 1 N–H and O–H groups in total. The van der Waals surface area contributed by atoms with Gasteiger partial charge in [0.15, 0.2) is 0 Å². The van der Waals surface area contributed by atoms with E-state index in [4.69, 9.17) is 27.9 Å². The maximum Gasteiger partial charge on any atom is 0.335 e. The zero-order chi connectivity index (χ0) is 22.7. The molecule has 0 bridgehead atoms. The average Bonchev–Trinajstić information content (AvgIpc) is 2.77. The number of carbonyl (C=O) groups is 3. The SMILES string of the molecule is O=C1NC(=O)N(c2cccc(Cl)c2)C(=O)/C1=C/c1ccccc1OCc1ccccc1Cl. The van der Waals surface area contributed by atoms with E-state index in [-0.39, 0.29) is 17.9 Å². The van der Waals surface area contributed by atoms with Crippen LogP contribution < -0.4 is 15.0 Å². The lowest BCUT2D eigenvalue weighted by Crippen LogP contribution is -2.54. The number of imide groups is 2. The lowest BCUT2D eigenvalue weighted by molar-refractivity contribution is -0.122. The summed E-state index contributed by atoms with van der Waals surface area (Å²) in [5, 5.41) is 3.11. The summed E-state index contributed by atoms with van der Waals surface area (Å²) in [5.74, 6) is -1.10. The monoisotopic (exact) mass is 466 g/mol.